The Bertz CT molecular complexity index is 1310. The maximum atomic E-state index is 13.4. The third kappa shape index (κ3) is 4.57. The Morgan fingerprint density at radius 1 is 1.19 bits per heavy atom. The monoisotopic (exact) mass is 485 g/mol. The SMILES string of the molecule is N#Cc1ccc(/C=C/CC(=O)O)c(NC(=O)[C@@H]2CC23CCOc2ccc(C(=O)NC4CCC4)cc23)c1. The summed E-state index contributed by atoms with van der Waals surface area (Å²) < 4.78 is 5.85. The molecule has 3 N–H and O–H groups in total. The van der Waals surface area contributed by atoms with Gasteiger partial charge in [-0.3, -0.25) is 14.4 Å². The first-order valence-corrected chi connectivity index (χ1v) is 12.2. The van der Waals surface area contributed by atoms with Gasteiger partial charge in [0.15, 0.2) is 0 Å². The number of amides is 2. The molecule has 5 rings (SSSR count). The second-order valence-electron chi connectivity index (χ2n) is 9.73. The van der Waals surface area contributed by atoms with E-state index in [2.05, 4.69) is 16.7 Å². The Balaban J connectivity index is 1.36. The van der Waals surface area contributed by atoms with Gasteiger partial charge in [-0.05, 0) is 68.0 Å². The number of carbonyl (C=O) groups excluding carboxylic acids is 2. The van der Waals surface area contributed by atoms with Gasteiger partial charge in [-0.1, -0.05) is 18.2 Å². The van der Waals surface area contributed by atoms with Gasteiger partial charge in [0.25, 0.3) is 5.91 Å². The zero-order chi connectivity index (χ0) is 25.3. The minimum absolute atomic E-state index is 0.101. The summed E-state index contributed by atoms with van der Waals surface area (Å²) in [5, 5.41) is 24.2. The van der Waals surface area contributed by atoms with Crippen molar-refractivity contribution in [2.45, 2.75) is 50.0 Å². The van der Waals surface area contributed by atoms with Crippen LogP contribution in [0.3, 0.4) is 0 Å². The van der Waals surface area contributed by atoms with Crippen molar-refractivity contribution in [1.82, 2.24) is 5.32 Å². The van der Waals surface area contributed by atoms with Crippen molar-refractivity contribution in [1.29, 1.82) is 5.26 Å². The molecule has 2 aliphatic carbocycles. The van der Waals surface area contributed by atoms with E-state index >= 15 is 0 Å². The third-order valence-electron chi connectivity index (χ3n) is 7.45. The average molecular weight is 486 g/mol. The lowest BCUT2D eigenvalue weighted by Gasteiger charge is -2.29. The summed E-state index contributed by atoms with van der Waals surface area (Å²) >= 11 is 0. The molecule has 2 aromatic rings. The molecule has 36 heavy (non-hydrogen) atoms. The van der Waals surface area contributed by atoms with Gasteiger partial charge in [-0.25, -0.2) is 0 Å². The maximum Gasteiger partial charge on any atom is 0.307 e. The van der Waals surface area contributed by atoms with Crippen LogP contribution in [-0.2, 0) is 15.0 Å². The number of rotatable bonds is 7. The predicted molar refractivity (Wildman–Crippen MR) is 133 cm³/mol. The number of carboxylic acid groups (broad SMARTS) is 1. The summed E-state index contributed by atoms with van der Waals surface area (Å²) in [6.45, 7) is 0.498. The first-order chi connectivity index (χ1) is 17.4. The number of nitrogens with zero attached hydrogens (tertiary/aromatic N) is 1. The van der Waals surface area contributed by atoms with E-state index in [0.717, 1.165) is 24.8 Å². The van der Waals surface area contributed by atoms with Crippen molar-refractivity contribution in [2.24, 2.45) is 5.92 Å². The fourth-order valence-corrected chi connectivity index (χ4v) is 5.09. The summed E-state index contributed by atoms with van der Waals surface area (Å²) in [6.07, 6.45) is 7.45. The van der Waals surface area contributed by atoms with E-state index in [1.54, 1.807) is 30.3 Å². The number of hydrogen-bond acceptors (Lipinski definition) is 5. The van der Waals surface area contributed by atoms with Gasteiger partial charge in [0.05, 0.1) is 24.7 Å². The largest absolute Gasteiger partial charge is 0.493 e. The standard InChI is InChI=1S/C28H27N3O5/c29-16-17-7-8-18(3-1-6-25(32)33)23(13-17)31-27(35)22-15-28(22)11-12-36-24-10-9-19(14-21(24)28)26(34)30-20-4-2-5-20/h1,3,7-10,13-14,20,22H,2,4-6,11-12,15H2,(H,30,34)(H,31,35)(H,32,33)/b3-1+/t22-,28?/m0/s1. The summed E-state index contributed by atoms with van der Waals surface area (Å²) in [5.74, 6) is -0.817. The van der Waals surface area contributed by atoms with E-state index in [9.17, 15) is 19.6 Å². The van der Waals surface area contributed by atoms with E-state index in [4.69, 9.17) is 9.84 Å². The summed E-state index contributed by atoms with van der Waals surface area (Å²) in [7, 11) is 0. The number of nitrogens with one attached hydrogen (secondary N) is 2. The highest BCUT2D eigenvalue weighted by molar-refractivity contribution is 5.99. The highest BCUT2D eigenvalue weighted by Crippen LogP contribution is 2.61. The van der Waals surface area contributed by atoms with Gasteiger partial charge >= 0.3 is 5.97 Å². The zero-order valence-corrected chi connectivity index (χ0v) is 19.8. The van der Waals surface area contributed by atoms with Crippen LogP contribution in [0.4, 0.5) is 5.69 Å². The van der Waals surface area contributed by atoms with Gasteiger partial charge < -0.3 is 20.5 Å². The molecule has 184 valence electrons. The highest BCUT2D eigenvalue weighted by atomic mass is 16.5. The molecule has 8 heteroatoms. The molecule has 2 saturated carbocycles. The average Bonchev–Trinajstić information content (AvgIpc) is 3.56. The molecule has 2 aromatic carbocycles. The summed E-state index contributed by atoms with van der Waals surface area (Å²) in [4.78, 5) is 37.0. The second kappa shape index (κ2) is 9.50. The molecular weight excluding hydrogens is 458 g/mol. The molecule has 2 fully saturated rings. The van der Waals surface area contributed by atoms with Crippen molar-refractivity contribution >= 4 is 29.5 Å². The minimum atomic E-state index is -0.954. The summed E-state index contributed by atoms with van der Waals surface area (Å²) in [5.41, 5.74) is 2.55. The number of carboxylic acids is 1. The lowest BCUT2D eigenvalue weighted by Crippen LogP contribution is -2.39. The molecule has 1 spiro atoms. The fourth-order valence-electron chi connectivity index (χ4n) is 5.09. The van der Waals surface area contributed by atoms with Crippen LogP contribution >= 0.6 is 0 Å². The first-order valence-electron chi connectivity index (χ1n) is 12.2. The number of fused-ring (bicyclic) bond motifs is 2. The number of anilines is 1. The molecule has 2 amide bonds. The van der Waals surface area contributed by atoms with Crippen LogP contribution in [0.2, 0.25) is 0 Å². The maximum absolute atomic E-state index is 13.4. The van der Waals surface area contributed by atoms with Gasteiger partial charge in [-0.2, -0.15) is 5.26 Å². The molecule has 0 bridgehead atoms. The lowest BCUT2D eigenvalue weighted by molar-refractivity contribution is -0.136. The number of nitriles is 1. The molecule has 1 heterocycles. The zero-order valence-electron chi connectivity index (χ0n) is 19.8. The number of hydrogen-bond donors (Lipinski definition) is 3. The highest BCUT2D eigenvalue weighted by Gasteiger charge is 2.61. The Labute approximate surface area is 209 Å². The molecule has 8 nitrogen and oxygen atoms in total. The number of carbonyl (C=O) groups is 3. The molecule has 0 radical (unpaired) electrons. The van der Waals surface area contributed by atoms with E-state index in [1.807, 2.05) is 12.1 Å². The molecule has 0 aromatic heterocycles. The van der Waals surface area contributed by atoms with Crippen LogP contribution in [0.1, 0.15) is 65.6 Å². The fraction of sp³-hybridized carbons (Fsp3) is 0.357. The minimum Gasteiger partial charge on any atom is -0.493 e. The van der Waals surface area contributed by atoms with Crippen molar-refractivity contribution in [3.63, 3.8) is 0 Å². The number of benzene rings is 2. The van der Waals surface area contributed by atoms with E-state index < -0.39 is 11.4 Å². The predicted octanol–water partition coefficient (Wildman–Crippen LogP) is 4.01. The van der Waals surface area contributed by atoms with Gasteiger partial charge in [0.1, 0.15) is 5.75 Å². The normalized spacial score (nSPS) is 22.1. The van der Waals surface area contributed by atoms with Crippen molar-refractivity contribution in [3.05, 3.63) is 64.7 Å². The Morgan fingerprint density at radius 3 is 2.75 bits per heavy atom. The smallest absolute Gasteiger partial charge is 0.307 e. The number of ether oxygens (including phenoxy) is 1. The number of aliphatic carboxylic acids is 1. The van der Waals surface area contributed by atoms with Gasteiger partial charge in [0.2, 0.25) is 5.91 Å². The van der Waals surface area contributed by atoms with Crippen LogP contribution in [0, 0.1) is 17.2 Å². The van der Waals surface area contributed by atoms with Crippen LogP contribution in [0.25, 0.3) is 6.08 Å². The molecule has 1 aliphatic heterocycles. The Kier molecular flexibility index (Phi) is 6.23. The molecule has 2 atom stereocenters. The van der Waals surface area contributed by atoms with Gasteiger partial charge in [-0.15, -0.1) is 0 Å². The summed E-state index contributed by atoms with van der Waals surface area (Å²) in [6, 6.07) is 12.7. The van der Waals surface area contributed by atoms with E-state index in [0.29, 0.717) is 47.6 Å². The second-order valence-corrected chi connectivity index (χ2v) is 9.73. The van der Waals surface area contributed by atoms with Crippen LogP contribution in [0.15, 0.2) is 42.5 Å². The van der Waals surface area contributed by atoms with Crippen molar-refractivity contribution in [2.75, 3.05) is 11.9 Å². The first kappa shape index (κ1) is 23.6. The van der Waals surface area contributed by atoms with E-state index in [1.165, 1.54) is 6.08 Å². The molecule has 3 aliphatic rings. The molecule has 0 saturated heterocycles. The quantitative estimate of drug-likeness (QED) is 0.544. The molecular formula is C28H27N3O5. The lowest BCUT2D eigenvalue weighted by atomic mass is 9.86. The third-order valence-corrected chi connectivity index (χ3v) is 7.45. The van der Waals surface area contributed by atoms with Crippen LogP contribution in [-0.4, -0.2) is 35.5 Å². The topological polar surface area (TPSA) is 129 Å². The van der Waals surface area contributed by atoms with Gasteiger partial charge in [0, 0.05) is 34.2 Å². The Hall–Kier alpha value is -4.12. The van der Waals surface area contributed by atoms with Crippen molar-refractivity contribution < 1.29 is 24.2 Å². The van der Waals surface area contributed by atoms with Crippen LogP contribution < -0.4 is 15.4 Å². The molecule has 1 unspecified atom stereocenters. The van der Waals surface area contributed by atoms with Crippen molar-refractivity contribution in [3.8, 4) is 11.8 Å². The Morgan fingerprint density at radius 2 is 2.03 bits per heavy atom. The van der Waals surface area contributed by atoms with Crippen LogP contribution in [0.5, 0.6) is 5.75 Å². The van der Waals surface area contributed by atoms with E-state index in [-0.39, 0.29) is 30.2 Å².